The maximum atomic E-state index is 13.3. The van der Waals surface area contributed by atoms with Crippen LogP contribution >= 0.6 is 22.9 Å². The van der Waals surface area contributed by atoms with Crippen LogP contribution in [0.4, 0.5) is 5.13 Å². The molecule has 5 nitrogen and oxygen atoms in total. The van der Waals surface area contributed by atoms with Crippen molar-refractivity contribution >= 4 is 44.2 Å². The number of aromatic nitrogens is 1. The molecule has 152 valence electrons. The number of ether oxygens (including phenoxy) is 2. The highest BCUT2D eigenvalue weighted by Gasteiger charge is 2.27. The van der Waals surface area contributed by atoms with Crippen molar-refractivity contribution in [2.24, 2.45) is 0 Å². The smallest absolute Gasteiger partial charge is 0.233 e. The zero-order valence-corrected chi connectivity index (χ0v) is 18.1. The van der Waals surface area contributed by atoms with Crippen molar-refractivity contribution in [1.82, 2.24) is 4.98 Å². The quantitative estimate of drug-likeness (QED) is 0.550. The van der Waals surface area contributed by atoms with Gasteiger partial charge in [0.1, 0.15) is 11.3 Å². The topological polar surface area (TPSA) is 51.7 Å². The second kappa shape index (κ2) is 8.69. The summed E-state index contributed by atoms with van der Waals surface area (Å²) in [5, 5.41) is 1.23. The van der Waals surface area contributed by atoms with Gasteiger partial charge in [-0.25, -0.2) is 4.98 Å². The highest BCUT2D eigenvalue weighted by molar-refractivity contribution is 7.23. The van der Waals surface area contributed by atoms with Crippen molar-refractivity contribution in [1.29, 1.82) is 0 Å². The monoisotopic (exact) mass is 430 g/mol. The molecule has 1 saturated heterocycles. The van der Waals surface area contributed by atoms with Gasteiger partial charge in [-0.3, -0.25) is 9.69 Å². The van der Waals surface area contributed by atoms with Gasteiger partial charge in [-0.1, -0.05) is 52.8 Å². The van der Waals surface area contributed by atoms with Crippen molar-refractivity contribution in [3.8, 4) is 5.75 Å². The number of fused-ring (bicyclic) bond motifs is 1. The third-order valence-corrected chi connectivity index (χ3v) is 6.62. The van der Waals surface area contributed by atoms with Crippen LogP contribution in [0.5, 0.6) is 5.75 Å². The first-order valence-corrected chi connectivity index (χ1v) is 10.8. The summed E-state index contributed by atoms with van der Waals surface area (Å²) in [4.78, 5) is 19.7. The number of halogens is 1. The second-order valence-electron chi connectivity index (χ2n) is 7.23. The summed E-state index contributed by atoms with van der Waals surface area (Å²) in [7, 11) is 1.61. The van der Waals surface area contributed by atoms with Gasteiger partial charge in [-0.15, -0.1) is 0 Å². The van der Waals surface area contributed by atoms with Gasteiger partial charge in [0.2, 0.25) is 5.91 Å². The number of hydrogen-bond acceptors (Lipinski definition) is 5. The molecular weight excluding hydrogens is 408 g/mol. The number of methoxy groups -OCH3 is 1. The van der Waals surface area contributed by atoms with Gasteiger partial charge >= 0.3 is 0 Å². The third kappa shape index (κ3) is 4.39. The van der Waals surface area contributed by atoms with E-state index in [9.17, 15) is 4.79 Å². The van der Waals surface area contributed by atoms with Crippen LogP contribution in [0.15, 0.2) is 36.4 Å². The summed E-state index contributed by atoms with van der Waals surface area (Å²) >= 11 is 7.80. The van der Waals surface area contributed by atoms with E-state index in [2.05, 4.69) is 0 Å². The number of carbonyl (C=O) groups excluding carboxylic acids is 1. The molecule has 0 radical (unpaired) electrons. The van der Waals surface area contributed by atoms with Crippen LogP contribution in [0, 0.1) is 6.92 Å². The number of rotatable bonds is 6. The lowest BCUT2D eigenvalue weighted by Gasteiger charge is -2.23. The van der Waals surface area contributed by atoms with Crippen molar-refractivity contribution in [2.45, 2.75) is 32.3 Å². The van der Waals surface area contributed by atoms with Gasteiger partial charge < -0.3 is 9.47 Å². The maximum Gasteiger partial charge on any atom is 0.233 e. The molecule has 0 aliphatic carbocycles. The third-order valence-electron chi connectivity index (χ3n) is 5.09. The molecule has 4 rings (SSSR count). The molecule has 1 aromatic heterocycles. The fourth-order valence-corrected chi connectivity index (χ4v) is 4.76. The van der Waals surface area contributed by atoms with E-state index in [1.54, 1.807) is 24.1 Å². The Morgan fingerprint density at radius 3 is 2.79 bits per heavy atom. The minimum Gasteiger partial charge on any atom is -0.494 e. The largest absolute Gasteiger partial charge is 0.494 e. The van der Waals surface area contributed by atoms with E-state index in [1.807, 2.05) is 31.2 Å². The van der Waals surface area contributed by atoms with Crippen molar-refractivity contribution < 1.29 is 14.3 Å². The highest BCUT2D eigenvalue weighted by Crippen LogP contribution is 2.39. The number of nitrogens with zero attached hydrogens (tertiary/aromatic N) is 2. The lowest BCUT2D eigenvalue weighted by molar-refractivity contribution is -0.118. The molecule has 7 heteroatoms. The molecule has 0 bridgehead atoms. The predicted molar refractivity (Wildman–Crippen MR) is 117 cm³/mol. The summed E-state index contributed by atoms with van der Waals surface area (Å²) in [6, 6.07) is 11.6. The van der Waals surface area contributed by atoms with Crippen LogP contribution in [-0.2, 0) is 16.0 Å². The fraction of sp³-hybridized carbons (Fsp3) is 0.364. The molecule has 0 saturated carbocycles. The molecular formula is C22H23ClN2O3S. The maximum absolute atomic E-state index is 13.3. The minimum atomic E-state index is -0.00139. The fourth-order valence-electron chi connectivity index (χ4n) is 3.48. The van der Waals surface area contributed by atoms with E-state index in [-0.39, 0.29) is 12.0 Å². The van der Waals surface area contributed by atoms with E-state index in [4.69, 9.17) is 26.1 Å². The van der Waals surface area contributed by atoms with Crippen LogP contribution in [-0.4, -0.2) is 37.3 Å². The highest BCUT2D eigenvalue weighted by atomic mass is 35.5. The zero-order chi connectivity index (χ0) is 20.4. The number of thiazole rings is 1. The van der Waals surface area contributed by atoms with Gasteiger partial charge in [-0.05, 0) is 37.5 Å². The molecule has 1 atom stereocenters. The summed E-state index contributed by atoms with van der Waals surface area (Å²) in [6.45, 7) is 3.27. The van der Waals surface area contributed by atoms with E-state index in [0.29, 0.717) is 34.4 Å². The Morgan fingerprint density at radius 1 is 1.31 bits per heavy atom. The molecule has 3 aromatic rings. The van der Waals surface area contributed by atoms with E-state index in [0.717, 1.165) is 29.7 Å². The van der Waals surface area contributed by atoms with Gasteiger partial charge in [0.15, 0.2) is 5.13 Å². The average molecular weight is 431 g/mol. The molecule has 2 heterocycles. The van der Waals surface area contributed by atoms with Gasteiger partial charge in [0, 0.05) is 6.61 Å². The first-order chi connectivity index (χ1) is 14.0. The minimum absolute atomic E-state index is 0.00139. The van der Waals surface area contributed by atoms with Crippen molar-refractivity contribution in [2.75, 3.05) is 25.2 Å². The standard InChI is InChI=1S/C22H23ClN2O3S/c1-14-5-7-15(8-6-14)12-19(26)25(13-16-4-3-11-28-16)22-24-20-18(27-2)10-9-17(23)21(20)29-22/h5-10,16H,3-4,11-13H2,1-2H3. The molecule has 29 heavy (non-hydrogen) atoms. The average Bonchev–Trinajstić information content (AvgIpc) is 3.38. The Kier molecular flexibility index (Phi) is 6.04. The second-order valence-corrected chi connectivity index (χ2v) is 8.61. The number of aryl methyl sites for hydroxylation is 1. The van der Waals surface area contributed by atoms with Gasteiger partial charge in [0.05, 0.1) is 35.9 Å². The van der Waals surface area contributed by atoms with Crippen LogP contribution in [0.2, 0.25) is 5.02 Å². The lowest BCUT2D eigenvalue weighted by atomic mass is 10.1. The number of carbonyl (C=O) groups is 1. The molecule has 1 aliphatic rings. The van der Waals surface area contributed by atoms with Crippen LogP contribution in [0.1, 0.15) is 24.0 Å². The van der Waals surface area contributed by atoms with E-state index >= 15 is 0 Å². The Bertz CT molecular complexity index is 1010. The predicted octanol–water partition coefficient (Wildman–Crippen LogP) is 5.02. The van der Waals surface area contributed by atoms with Gasteiger partial charge in [-0.2, -0.15) is 0 Å². The first kappa shape index (κ1) is 20.1. The van der Waals surface area contributed by atoms with Gasteiger partial charge in [0.25, 0.3) is 0 Å². The van der Waals surface area contributed by atoms with Crippen LogP contribution in [0.25, 0.3) is 10.2 Å². The Morgan fingerprint density at radius 2 is 2.10 bits per heavy atom. The van der Waals surface area contributed by atoms with E-state index in [1.165, 1.54) is 16.9 Å². The first-order valence-electron chi connectivity index (χ1n) is 9.65. The number of hydrogen-bond donors (Lipinski definition) is 0. The van der Waals surface area contributed by atoms with Crippen LogP contribution in [0.3, 0.4) is 0 Å². The Labute approximate surface area is 179 Å². The molecule has 0 N–H and O–H groups in total. The Hall–Kier alpha value is -2.15. The normalized spacial score (nSPS) is 16.3. The molecule has 1 unspecified atom stereocenters. The summed E-state index contributed by atoms with van der Waals surface area (Å²) in [5.74, 6) is 0.647. The zero-order valence-electron chi connectivity index (χ0n) is 16.5. The van der Waals surface area contributed by atoms with Crippen molar-refractivity contribution in [3.05, 3.63) is 52.5 Å². The number of amides is 1. The molecule has 1 fully saturated rings. The van der Waals surface area contributed by atoms with Crippen LogP contribution < -0.4 is 9.64 Å². The summed E-state index contributed by atoms with van der Waals surface area (Å²) in [5.41, 5.74) is 2.83. The van der Waals surface area contributed by atoms with Crippen molar-refractivity contribution in [3.63, 3.8) is 0 Å². The number of anilines is 1. The molecule has 1 amide bonds. The summed E-state index contributed by atoms with van der Waals surface area (Å²) < 4.78 is 12.1. The summed E-state index contributed by atoms with van der Waals surface area (Å²) in [6.07, 6.45) is 2.31. The number of benzene rings is 2. The lowest BCUT2D eigenvalue weighted by Crippen LogP contribution is -2.38. The van der Waals surface area contributed by atoms with E-state index < -0.39 is 0 Å². The Balaban J connectivity index is 1.68. The SMILES string of the molecule is COc1ccc(Cl)c2sc(N(CC3CCCO3)C(=O)Cc3ccc(C)cc3)nc12. The molecule has 0 spiro atoms. The molecule has 2 aromatic carbocycles. The molecule has 1 aliphatic heterocycles.